The quantitative estimate of drug-likeness (QED) is 0.862. The fraction of sp³-hybridized carbons (Fsp3) is 0.750. The lowest BCUT2D eigenvalue weighted by Gasteiger charge is -2.32. The largest absolute Gasteiger partial charge is 0.314 e. The summed E-state index contributed by atoms with van der Waals surface area (Å²) < 4.78 is 1.28. The molecule has 2 heterocycles. The Hall–Kier alpha value is 0.100. The van der Waals surface area contributed by atoms with Crippen LogP contribution in [-0.2, 0) is 0 Å². The van der Waals surface area contributed by atoms with Gasteiger partial charge in [-0.2, -0.15) is 0 Å². The summed E-state index contributed by atoms with van der Waals surface area (Å²) in [5, 5.41) is 3.76. The molecule has 0 aromatic carbocycles. The van der Waals surface area contributed by atoms with Crippen molar-refractivity contribution in [2.75, 3.05) is 20.1 Å². The van der Waals surface area contributed by atoms with Crippen LogP contribution >= 0.6 is 27.3 Å². The first-order chi connectivity index (χ1) is 9.65. The number of nitrogens with zero attached hydrogens (tertiary/aromatic N) is 1. The van der Waals surface area contributed by atoms with Crippen molar-refractivity contribution in [3.05, 3.63) is 20.3 Å². The van der Waals surface area contributed by atoms with Crippen LogP contribution in [0.5, 0.6) is 0 Å². The average molecular weight is 357 g/mol. The van der Waals surface area contributed by atoms with Crippen molar-refractivity contribution in [3.63, 3.8) is 0 Å². The van der Waals surface area contributed by atoms with Crippen molar-refractivity contribution in [2.45, 2.75) is 51.1 Å². The zero-order chi connectivity index (χ0) is 14.1. The molecule has 0 amide bonds. The molecule has 0 spiro atoms. The van der Waals surface area contributed by atoms with Crippen molar-refractivity contribution in [1.29, 1.82) is 0 Å². The summed E-state index contributed by atoms with van der Waals surface area (Å²) in [7, 11) is 2.31. The summed E-state index contributed by atoms with van der Waals surface area (Å²) in [6.45, 7) is 4.64. The average Bonchev–Trinajstić information content (AvgIpc) is 3.19. The van der Waals surface area contributed by atoms with Gasteiger partial charge in [0.15, 0.2) is 0 Å². The third-order valence-electron chi connectivity index (χ3n) is 4.67. The van der Waals surface area contributed by atoms with Crippen molar-refractivity contribution in [3.8, 4) is 0 Å². The molecule has 2 aliphatic rings. The van der Waals surface area contributed by atoms with E-state index < -0.39 is 0 Å². The summed E-state index contributed by atoms with van der Waals surface area (Å²) in [5.74, 6) is 0.757. The fourth-order valence-corrected chi connectivity index (χ4v) is 5.14. The standard InChI is InChI=1S/C16H25BrN2S/c1-11-14(17)9-15(20-11)16-12(10-18-13-6-7-13)5-3-4-8-19(16)2/h9,12-13,16,18H,3-8,10H2,1-2H3. The summed E-state index contributed by atoms with van der Waals surface area (Å²) >= 11 is 5.66. The molecule has 2 unspecified atom stereocenters. The Balaban J connectivity index is 1.79. The van der Waals surface area contributed by atoms with Crippen LogP contribution in [0.4, 0.5) is 0 Å². The molecular weight excluding hydrogens is 332 g/mol. The molecule has 0 bridgehead atoms. The lowest BCUT2D eigenvalue weighted by Crippen LogP contribution is -2.35. The highest BCUT2D eigenvalue weighted by molar-refractivity contribution is 9.10. The van der Waals surface area contributed by atoms with Crippen LogP contribution < -0.4 is 5.32 Å². The van der Waals surface area contributed by atoms with E-state index in [0.717, 1.165) is 12.0 Å². The maximum atomic E-state index is 3.76. The lowest BCUT2D eigenvalue weighted by molar-refractivity contribution is 0.192. The van der Waals surface area contributed by atoms with Gasteiger partial charge >= 0.3 is 0 Å². The van der Waals surface area contributed by atoms with Gasteiger partial charge in [0.25, 0.3) is 0 Å². The van der Waals surface area contributed by atoms with E-state index in [9.17, 15) is 0 Å². The maximum Gasteiger partial charge on any atom is 0.0479 e. The number of rotatable bonds is 4. The van der Waals surface area contributed by atoms with Crippen molar-refractivity contribution < 1.29 is 0 Å². The second kappa shape index (κ2) is 6.47. The molecule has 1 aliphatic carbocycles. The molecular formula is C16H25BrN2S. The van der Waals surface area contributed by atoms with E-state index in [1.165, 1.54) is 54.5 Å². The van der Waals surface area contributed by atoms with Crippen LogP contribution in [0.2, 0.25) is 0 Å². The Kier molecular flexibility index (Phi) is 4.86. The first-order valence-electron chi connectivity index (χ1n) is 7.84. The Morgan fingerprint density at radius 1 is 1.35 bits per heavy atom. The summed E-state index contributed by atoms with van der Waals surface area (Å²) in [4.78, 5) is 5.54. The van der Waals surface area contributed by atoms with Gasteiger partial charge in [0.1, 0.15) is 0 Å². The Morgan fingerprint density at radius 2 is 2.15 bits per heavy atom. The molecule has 1 aliphatic heterocycles. The SMILES string of the molecule is Cc1sc(C2C(CNC3CC3)CCCCN2C)cc1Br. The zero-order valence-corrected chi connectivity index (χ0v) is 14.9. The summed E-state index contributed by atoms with van der Waals surface area (Å²) in [6.07, 6.45) is 6.86. The second-order valence-corrected chi connectivity index (χ2v) is 8.56. The van der Waals surface area contributed by atoms with E-state index in [2.05, 4.69) is 46.2 Å². The molecule has 1 saturated carbocycles. The third kappa shape index (κ3) is 3.46. The number of hydrogen-bond acceptors (Lipinski definition) is 3. The maximum absolute atomic E-state index is 3.76. The summed E-state index contributed by atoms with van der Waals surface area (Å²) in [6, 6.07) is 3.77. The highest BCUT2D eigenvalue weighted by Crippen LogP contribution is 2.40. The van der Waals surface area contributed by atoms with Crippen LogP contribution in [0.25, 0.3) is 0 Å². The van der Waals surface area contributed by atoms with Crippen molar-refractivity contribution in [1.82, 2.24) is 10.2 Å². The van der Waals surface area contributed by atoms with Crippen LogP contribution in [-0.4, -0.2) is 31.1 Å². The highest BCUT2D eigenvalue weighted by atomic mass is 79.9. The molecule has 1 aromatic heterocycles. The molecule has 2 nitrogen and oxygen atoms in total. The number of aryl methyl sites for hydroxylation is 1. The van der Waals surface area contributed by atoms with E-state index in [1.807, 2.05) is 11.3 Å². The number of thiophene rings is 1. The highest BCUT2D eigenvalue weighted by Gasteiger charge is 2.32. The van der Waals surface area contributed by atoms with Crippen LogP contribution in [0.3, 0.4) is 0 Å². The van der Waals surface area contributed by atoms with E-state index in [4.69, 9.17) is 0 Å². The predicted octanol–water partition coefficient (Wildman–Crippen LogP) is 4.34. The van der Waals surface area contributed by atoms with Crippen molar-refractivity contribution in [2.24, 2.45) is 5.92 Å². The van der Waals surface area contributed by atoms with Gasteiger partial charge in [0.2, 0.25) is 0 Å². The predicted molar refractivity (Wildman–Crippen MR) is 90.5 cm³/mol. The molecule has 112 valence electrons. The van der Waals surface area contributed by atoms with Gasteiger partial charge in [-0.25, -0.2) is 0 Å². The Bertz CT molecular complexity index is 436. The van der Waals surface area contributed by atoms with E-state index in [-0.39, 0.29) is 0 Å². The second-order valence-electron chi connectivity index (χ2n) is 6.42. The molecule has 1 saturated heterocycles. The van der Waals surface area contributed by atoms with Gasteiger partial charge in [-0.1, -0.05) is 6.42 Å². The minimum Gasteiger partial charge on any atom is -0.314 e. The van der Waals surface area contributed by atoms with Gasteiger partial charge in [-0.3, -0.25) is 4.90 Å². The monoisotopic (exact) mass is 356 g/mol. The molecule has 1 N–H and O–H groups in total. The minimum absolute atomic E-state index is 0.596. The van der Waals surface area contributed by atoms with Gasteiger partial charge in [0.05, 0.1) is 0 Å². The van der Waals surface area contributed by atoms with E-state index in [0.29, 0.717) is 6.04 Å². The fourth-order valence-electron chi connectivity index (χ4n) is 3.32. The van der Waals surface area contributed by atoms with Gasteiger partial charge in [0, 0.05) is 32.9 Å². The number of halogens is 1. The Morgan fingerprint density at radius 3 is 2.80 bits per heavy atom. The molecule has 3 rings (SSSR count). The van der Waals surface area contributed by atoms with Gasteiger partial charge < -0.3 is 5.32 Å². The van der Waals surface area contributed by atoms with E-state index >= 15 is 0 Å². The number of nitrogens with one attached hydrogen (secondary N) is 1. The molecule has 4 heteroatoms. The summed E-state index contributed by atoms with van der Waals surface area (Å²) in [5.41, 5.74) is 0. The molecule has 0 radical (unpaired) electrons. The third-order valence-corrected chi connectivity index (χ3v) is 6.88. The lowest BCUT2D eigenvalue weighted by atomic mass is 9.93. The molecule has 1 aromatic rings. The van der Waals surface area contributed by atoms with E-state index in [1.54, 1.807) is 4.88 Å². The first-order valence-corrected chi connectivity index (χ1v) is 9.45. The molecule has 20 heavy (non-hydrogen) atoms. The molecule has 2 fully saturated rings. The van der Waals surface area contributed by atoms with Crippen LogP contribution in [0, 0.1) is 12.8 Å². The normalized spacial score (nSPS) is 28.6. The van der Waals surface area contributed by atoms with Crippen LogP contribution in [0.1, 0.15) is 47.9 Å². The minimum atomic E-state index is 0.596. The number of hydrogen-bond donors (Lipinski definition) is 1. The topological polar surface area (TPSA) is 15.3 Å². The van der Waals surface area contributed by atoms with Gasteiger partial charge in [-0.15, -0.1) is 11.3 Å². The smallest absolute Gasteiger partial charge is 0.0479 e. The van der Waals surface area contributed by atoms with Crippen molar-refractivity contribution >= 4 is 27.3 Å². The first kappa shape index (κ1) is 15.0. The zero-order valence-electron chi connectivity index (χ0n) is 12.5. The van der Waals surface area contributed by atoms with Gasteiger partial charge in [-0.05, 0) is 74.1 Å². The Labute approximate surface area is 135 Å². The van der Waals surface area contributed by atoms with Crippen LogP contribution in [0.15, 0.2) is 10.5 Å². The number of likely N-dealkylation sites (tertiary alicyclic amines) is 1. The molecule has 2 atom stereocenters.